The molecule has 24 heavy (non-hydrogen) atoms. The second-order valence-corrected chi connectivity index (χ2v) is 6.27. The molecule has 0 heterocycles. The molecule has 2 aromatic rings. The van der Waals surface area contributed by atoms with Gasteiger partial charge >= 0.3 is 16.5 Å². The Hall–Kier alpha value is -1.68. The van der Waals surface area contributed by atoms with E-state index in [-0.39, 0.29) is 16.5 Å². The van der Waals surface area contributed by atoms with Gasteiger partial charge in [0.15, 0.2) is 0 Å². The summed E-state index contributed by atoms with van der Waals surface area (Å²) >= 11 is 0. The third-order valence-electron chi connectivity index (χ3n) is 3.01. The van der Waals surface area contributed by atoms with Crippen LogP contribution in [0.1, 0.15) is 12.8 Å². The van der Waals surface area contributed by atoms with Crippen molar-refractivity contribution in [2.45, 2.75) is 12.8 Å². The van der Waals surface area contributed by atoms with Crippen molar-refractivity contribution in [3.05, 3.63) is 109 Å². The van der Waals surface area contributed by atoms with E-state index >= 15 is 0 Å². The molecule has 2 aliphatic carbocycles. The Morgan fingerprint density at radius 2 is 1.04 bits per heavy atom. The molecule has 0 radical (unpaired) electrons. The molecule has 124 valence electrons. The third kappa shape index (κ3) is 9.46. The van der Waals surface area contributed by atoms with Crippen LogP contribution in [0.5, 0.6) is 0 Å². The first kappa shape index (κ1) is 20.4. The maximum Gasteiger partial charge on any atom is 2.00 e. The fraction of sp³-hybridized carbons (Fsp3) is 0.0909. The van der Waals surface area contributed by atoms with E-state index in [2.05, 4.69) is 85.0 Å². The minimum Gasteiger partial charge on any atom is -0.273 e. The first-order valence-corrected chi connectivity index (χ1v) is 8.76. The topological polar surface area (TPSA) is 0 Å². The van der Waals surface area contributed by atoms with Crippen molar-refractivity contribution in [1.29, 1.82) is 0 Å². The van der Waals surface area contributed by atoms with Crippen LogP contribution in [0, 0.1) is 12.2 Å². The standard InChI is InChI=1S/C12H11P.2C5H5.Ni/c1-3-7-11(8-4-1)13-12-9-5-2-6-10-12;2*1-2-4-5-3-1;/h1-10,13H;2*1-3H,4H2;/q;2*-1;+2. The van der Waals surface area contributed by atoms with Crippen molar-refractivity contribution in [3.8, 4) is 0 Å². The predicted octanol–water partition coefficient (Wildman–Crippen LogP) is 4.92. The predicted molar refractivity (Wildman–Crippen MR) is 104 cm³/mol. The molecule has 4 rings (SSSR count). The van der Waals surface area contributed by atoms with E-state index in [1.807, 2.05) is 24.3 Å². The Balaban J connectivity index is 0.000000216. The summed E-state index contributed by atoms with van der Waals surface area (Å²) < 4.78 is 0. The Kier molecular flexibility index (Phi) is 11.7. The molecule has 0 amide bonds. The molecule has 0 saturated carbocycles. The Bertz CT molecular complexity index is 575. The van der Waals surface area contributed by atoms with Crippen LogP contribution in [0.15, 0.2) is 97.1 Å². The molecule has 0 fully saturated rings. The summed E-state index contributed by atoms with van der Waals surface area (Å²) in [5.41, 5.74) is 0. The molecule has 0 N–H and O–H groups in total. The second kappa shape index (κ2) is 13.7. The van der Waals surface area contributed by atoms with Gasteiger partial charge in [-0.1, -0.05) is 69.2 Å². The maximum absolute atomic E-state index is 2.99. The zero-order valence-corrected chi connectivity index (χ0v) is 15.5. The molecule has 0 nitrogen and oxygen atoms in total. The van der Waals surface area contributed by atoms with Crippen molar-refractivity contribution in [2.75, 3.05) is 0 Å². The van der Waals surface area contributed by atoms with Gasteiger partial charge in [-0.05, 0) is 10.6 Å². The Morgan fingerprint density at radius 1 is 0.625 bits per heavy atom. The molecular weight excluding hydrogens is 354 g/mol. The molecule has 0 saturated heterocycles. The van der Waals surface area contributed by atoms with Gasteiger partial charge < -0.3 is 0 Å². The molecule has 0 unspecified atom stereocenters. The fourth-order valence-electron chi connectivity index (χ4n) is 1.89. The van der Waals surface area contributed by atoms with Crippen molar-refractivity contribution in [3.63, 3.8) is 0 Å². The number of rotatable bonds is 2. The number of benzene rings is 2. The van der Waals surface area contributed by atoms with Crippen LogP contribution in [0.4, 0.5) is 0 Å². The van der Waals surface area contributed by atoms with Crippen LogP contribution in [-0.2, 0) is 16.5 Å². The SMILES string of the molecule is [C-]1=CC=CC1.[C-]1=CC=CC1.[Ni+2].c1ccc(Pc2ccccc2)cc1. The number of hydrogen-bond donors (Lipinski definition) is 0. The summed E-state index contributed by atoms with van der Waals surface area (Å²) in [4.78, 5) is 0. The summed E-state index contributed by atoms with van der Waals surface area (Å²) in [5, 5.41) is 2.79. The zero-order valence-electron chi connectivity index (χ0n) is 13.5. The van der Waals surface area contributed by atoms with Gasteiger partial charge in [-0.3, -0.25) is 12.2 Å². The van der Waals surface area contributed by atoms with Gasteiger partial charge in [-0.15, -0.1) is 12.8 Å². The largest absolute Gasteiger partial charge is 2.00 e. The van der Waals surface area contributed by atoms with Crippen LogP contribution >= 0.6 is 8.58 Å². The minimum absolute atomic E-state index is 0. The molecule has 2 aromatic carbocycles. The van der Waals surface area contributed by atoms with Crippen LogP contribution in [-0.4, -0.2) is 0 Å². The van der Waals surface area contributed by atoms with Crippen LogP contribution in [0.3, 0.4) is 0 Å². The van der Waals surface area contributed by atoms with Gasteiger partial charge in [0.05, 0.1) is 0 Å². The molecule has 0 aromatic heterocycles. The van der Waals surface area contributed by atoms with Crippen LogP contribution in [0.25, 0.3) is 0 Å². The van der Waals surface area contributed by atoms with E-state index in [0.29, 0.717) is 0 Å². The quantitative estimate of drug-likeness (QED) is 0.397. The molecule has 0 atom stereocenters. The number of allylic oxidation sites excluding steroid dienone is 8. The first-order valence-electron chi connectivity index (χ1n) is 7.76. The van der Waals surface area contributed by atoms with Gasteiger partial charge in [0.1, 0.15) is 0 Å². The smallest absolute Gasteiger partial charge is 0.273 e. The van der Waals surface area contributed by atoms with Crippen molar-refractivity contribution >= 4 is 19.2 Å². The van der Waals surface area contributed by atoms with Gasteiger partial charge in [0.25, 0.3) is 0 Å². The summed E-state index contributed by atoms with van der Waals surface area (Å²) in [6, 6.07) is 21.2. The monoisotopic (exact) mass is 374 g/mol. The summed E-state index contributed by atoms with van der Waals surface area (Å²) in [5.74, 6) is 0. The number of hydrogen-bond acceptors (Lipinski definition) is 0. The van der Waals surface area contributed by atoms with Crippen molar-refractivity contribution < 1.29 is 16.5 Å². The molecule has 2 heteroatoms. The summed E-state index contributed by atoms with van der Waals surface area (Å²) in [6.45, 7) is 0. The van der Waals surface area contributed by atoms with Gasteiger partial charge in [-0.25, -0.2) is 24.3 Å². The molecule has 2 aliphatic rings. The van der Waals surface area contributed by atoms with E-state index in [1.54, 1.807) is 0 Å². The zero-order chi connectivity index (χ0) is 16.0. The van der Waals surface area contributed by atoms with E-state index in [9.17, 15) is 0 Å². The van der Waals surface area contributed by atoms with Crippen molar-refractivity contribution in [2.24, 2.45) is 0 Å². The minimum atomic E-state index is 0. The van der Waals surface area contributed by atoms with Crippen molar-refractivity contribution in [1.82, 2.24) is 0 Å². The van der Waals surface area contributed by atoms with E-state index in [4.69, 9.17) is 0 Å². The van der Waals surface area contributed by atoms with Gasteiger partial charge in [0.2, 0.25) is 0 Å². The normalized spacial score (nSPS) is 12.7. The summed E-state index contributed by atoms with van der Waals surface area (Å²) in [6.07, 6.45) is 20.0. The Labute approximate surface area is 157 Å². The Morgan fingerprint density at radius 3 is 1.29 bits per heavy atom. The molecule has 0 aliphatic heterocycles. The van der Waals surface area contributed by atoms with Crippen LogP contribution in [0.2, 0.25) is 0 Å². The molecule has 0 spiro atoms. The van der Waals surface area contributed by atoms with E-state index in [0.717, 1.165) is 21.4 Å². The van der Waals surface area contributed by atoms with E-state index < -0.39 is 0 Å². The average molecular weight is 375 g/mol. The second-order valence-electron chi connectivity index (χ2n) is 4.86. The fourth-order valence-corrected chi connectivity index (χ4v) is 2.94. The van der Waals surface area contributed by atoms with E-state index in [1.165, 1.54) is 10.6 Å². The first-order chi connectivity index (χ1) is 11.4. The van der Waals surface area contributed by atoms with Crippen LogP contribution < -0.4 is 10.6 Å². The molecule has 0 bridgehead atoms. The summed E-state index contributed by atoms with van der Waals surface area (Å²) in [7, 11) is 0.777. The molecular formula is C22H21NiP. The average Bonchev–Trinajstić information content (AvgIpc) is 3.35. The maximum atomic E-state index is 2.99. The van der Waals surface area contributed by atoms with Gasteiger partial charge in [0, 0.05) is 0 Å². The third-order valence-corrected chi connectivity index (χ3v) is 4.25. The van der Waals surface area contributed by atoms with Gasteiger partial charge in [-0.2, -0.15) is 12.2 Å².